The van der Waals surface area contributed by atoms with E-state index in [1.165, 1.54) is 12.1 Å². The molecule has 6 nitrogen and oxygen atoms in total. The fraction of sp³-hybridized carbons (Fsp3) is 0.333. The van der Waals surface area contributed by atoms with Gasteiger partial charge in [0.2, 0.25) is 16.8 Å². The van der Waals surface area contributed by atoms with E-state index < -0.39 is 10.0 Å². The third-order valence-electron chi connectivity index (χ3n) is 4.81. The van der Waals surface area contributed by atoms with Gasteiger partial charge in [-0.3, -0.25) is 0 Å². The van der Waals surface area contributed by atoms with Gasteiger partial charge in [-0.1, -0.05) is 12.1 Å². The molecule has 4 rings (SSSR count). The van der Waals surface area contributed by atoms with Crippen molar-refractivity contribution >= 4 is 10.0 Å². The van der Waals surface area contributed by atoms with E-state index in [-0.39, 0.29) is 17.1 Å². The minimum Gasteiger partial charge on any atom is -0.497 e. The Kier molecular flexibility index (Phi) is 3.85. The summed E-state index contributed by atoms with van der Waals surface area (Å²) in [6.07, 6.45) is 1.92. The zero-order valence-electron chi connectivity index (χ0n) is 13.8. The van der Waals surface area contributed by atoms with Crippen LogP contribution in [0.3, 0.4) is 0 Å². The van der Waals surface area contributed by atoms with E-state index in [0.717, 1.165) is 24.2 Å². The zero-order chi connectivity index (χ0) is 17.5. The smallest absolute Gasteiger partial charge is 0.240 e. The number of methoxy groups -OCH3 is 1. The molecule has 2 aromatic rings. The van der Waals surface area contributed by atoms with Gasteiger partial charge in [0.15, 0.2) is 11.5 Å². The second-order valence-corrected chi connectivity index (χ2v) is 8.12. The molecule has 0 unspecified atom stereocenters. The fourth-order valence-corrected chi connectivity index (χ4v) is 4.17. The van der Waals surface area contributed by atoms with Crippen LogP contribution in [0.4, 0.5) is 0 Å². The number of benzene rings is 2. The minimum atomic E-state index is -3.61. The number of ether oxygens (including phenoxy) is 3. The van der Waals surface area contributed by atoms with Crippen molar-refractivity contribution < 1.29 is 22.6 Å². The summed E-state index contributed by atoms with van der Waals surface area (Å²) in [6, 6.07) is 12.5. The SMILES string of the molecule is COc1ccc(C2(CNS(=O)(=O)c3ccc4c(c3)OCO4)CC2)cc1. The maximum absolute atomic E-state index is 12.6. The van der Waals surface area contributed by atoms with Crippen molar-refractivity contribution in [2.45, 2.75) is 23.2 Å². The van der Waals surface area contributed by atoms with E-state index in [2.05, 4.69) is 4.72 Å². The van der Waals surface area contributed by atoms with Crippen molar-refractivity contribution in [3.05, 3.63) is 48.0 Å². The van der Waals surface area contributed by atoms with Crippen molar-refractivity contribution in [2.75, 3.05) is 20.4 Å². The molecule has 132 valence electrons. The lowest BCUT2D eigenvalue weighted by atomic mass is 9.96. The van der Waals surface area contributed by atoms with Gasteiger partial charge >= 0.3 is 0 Å². The van der Waals surface area contributed by atoms with Crippen molar-refractivity contribution in [3.63, 3.8) is 0 Å². The summed E-state index contributed by atoms with van der Waals surface area (Å²) in [5.41, 5.74) is 0.997. The summed E-state index contributed by atoms with van der Waals surface area (Å²) in [7, 11) is -1.98. The molecule has 1 aliphatic carbocycles. The van der Waals surface area contributed by atoms with Crippen LogP contribution in [0.2, 0.25) is 0 Å². The van der Waals surface area contributed by atoms with Crippen molar-refractivity contribution in [1.82, 2.24) is 4.72 Å². The Labute approximate surface area is 146 Å². The number of rotatable bonds is 6. The molecule has 0 atom stereocenters. The summed E-state index contributed by atoms with van der Waals surface area (Å²) in [5, 5.41) is 0. The first-order chi connectivity index (χ1) is 12.0. The van der Waals surface area contributed by atoms with Crippen LogP contribution in [0.15, 0.2) is 47.4 Å². The van der Waals surface area contributed by atoms with Crippen LogP contribution < -0.4 is 18.9 Å². The first kappa shape index (κ1) is 16.2. The van der Waals surface area contributed by atoms with E-state index in [4.69, 9.17) is 14.2 Å². The highest BCUT2D eigenvalue weighted by atomic mass is 32.2. The molecule has 7 heteroatoms. The highest BCUT2D eigenvalue weighted by molar-refractivity contribution is 7.89. The molecule has 0 saturated heterocycles. The van der Waals surface area contributed by atoms with Crippen LogP contribution in [-0.4, -0.2) is 28.9 Å². The van der Waals surface area contributed by atoms with Crippen LogP contribution >= 0.6 is 0 Å². The Hall–Kier alpha value is -2.25. The standard InChI is InChI=1S/C18H19NO5S/c1-22-14-4-2-13(3-5-14)18(8-9-18)11-19-25(20,21)15-6-7-16-17(10-15)24-12-23-16/h2-7,10,19H,8-9,11-12H2,1H3. The second kappa shape index (κ2) is 5.93. The van der Waals surface area contributed by atoms with Gasteiger partial charge in [-0.05, 0) is 42.7 Å². The molecule has 0 radical (unpaired) electrons. The lowest BCUT2D eigenvalue weighted by molar-refractivity contribution is 0.174. The molecule has 0 amide bonds. The number of hydrogen-bond acceptors (Lipinski definition) is 5. The van der Waals surface area contributed by atoms with Crippen molar-refractivity contribution in [1.29, 1.82) is 0 Å². The second-order valence-electron chi connectivity index (χ2n) is 6.35. The average molecular weight is 361 g/mol. The van der Waals surface area contributed by atoms with Gasteiger partial charge in [0.1, 0.15) is 5.75 Å². The van der Waals surface area contributed by atoms with Crippen LogP contribution in [0.5, 0.6) is 17.2 Å². The van der Waals surface area contributed by atoms with E-state index in [1.54, 1.807) is 13.2 Å². The molecule has 2 aromatic carbocycles. The molecular formula is C18H19NO5S. The summed E-state index contributed by atoms with van der Waals surface area (Å²) < 4.78 is 43.6. The summed E-state index contributed by atoms with van der Waals surface area (Å²) in [4.78, 5) is 0.183. The third kappa shape index (κ3) is 3.05. The van der Waals surface area contributed by atoms with E-state index in [1.807, 2.05) is 24.3 Å². The van der Waals surface area contributed by atoms with Gasteiger partial charge in [0.05, 0.1) is 12.0 Å². The predicted octanol–water partition coefficient (Wildman–Crippen LogP) is 2.43. The molecule has 25 heavy (non-hydrogen) atoms. The summed E-state index contributed by atoms with van der Waals surface area (Å²) >= 11 is 0. The Morgan fingerprint density at radius 1 is 1.08 bits per heavy atom. The summed E-state index contributed by atoms with van der Waals surface area (Å²) in [6.45, 7) is 0.489. The molecule has 1 fully saturated rings. The van der Waals surface area contributed by atoms with Crippen molar-refractivity contribution in [2.24, 2.45) is 0 Å². The molecule has 1 aliphatic heterocycles. The Bertz CT molecular complexity index is 888. The van der Waals surface area contributed by atoms with Gasteiger partial charge in [0.25, 0.3) is 0 Å². The maximum Gasteiger partial charge on any atom is 0.240 e. The van der Waals surface area contributed by atoms with Gasteiger partial charge in [-0.25, -0.2) is 13.1 Å². The Morgan fingerprint density at radius 2 is 1.80 bits per heavy atom. The predicted molar refractivity (Wildman–Crippen MR) is 91.7 cm³/mol. The fourth-order valence-electron chi connectivity index (χ4n) is 3.02. The van der Waals surface area contributed by atoms with Crippen LogP contribution in [0, 0.1) is 0 Å². The van der Waals surface area contributed by atoms with E-state index in [9.17, 15) is 8.42 Å². The maximum atomic E-state index is 12.6. The molecule has 0 aromatic heterocycles. The molecule has 1 N–H and O–H groups in total. The Balaban J connectivity index is 1.50. The summed E-state index contributed by atoms with van der Waals surface area (Å²) in [5.74, 6) is 1.82. The normalized spacial score (nSPS) is 17.3. The number of sulfonamides is 1. The molecule has 0 bridgehead atoms. The lowest BCUT2D eigenvalue weighted by Gasteiger charge is -2.17. The molecule has 2 aliphatic rings. The topological polar surface area (TPSA) is 73.9 Å². The van der Waals surface area contributed by atoms with E-state index in [0.29, 0.717) is 18.0 Å². The first-order valence-corrected chi connectivity index (χ1v) is 9.55. The van der Waals surface area contributed by atoms with Gasteiger partial charge in [-0.2, -0.15) is 0 Å². The van der Waals surface area contributed by atoms with Crippen LogP contribution in [-0.2, 0) is 15.4 Å². The van der Waals surface area contributed by atoms with Gasteiger partial charge in [0, 0.05) is 18.0 Å². The number of hydrogen-bond donors (Lipinski definition) is 1. The minimum absolute atomic E-state index is 0.118. The highest BCUT2D eigenvalue weighted by Gasteiger charge is 2.44. The number of nitrogens with one attached hydrogen (secondary N) is 1. The molecule has 0 spiro atoms. The molecule has 1 saturated carbocycles. The molecular weight excluding hydrogens is 342 g/mol. The van der Waals surface area contributed by atoms with Gasteiger partial charge in [-0.15, -0.1) is 0 Å². The first-order valence-electron chi connectivity index (χ1n) is 8.06. The monoisotopic (exact) mass is 361 g/mol. The highest BCUT2D eigenvalue weighted by Crippen LogP contribution is 2.48. The quantitative estimate of drug-likeness (QED) is 0.855. The Morgan fingerprint density at radius 3 is 2.48 bits per heavy atom. The van der Waals surface area contributed by atoms with Crippen molar-refractivity contribution in [3.8, 4) is 17.2 Å². The lowest BCUT2D eigenvalue weighted by Crippen LogP contribution is -2.32. The van der Waals surface area contributed by atoms with Crippen LogP contribution in [0.25, 0.3) is 0 Å². The third-order valence-corrected chi connectivity index (χ3v) is 6.21. The number of fused-ring (bicyclic) bond motifs is 1. The average Bonchev–Trinajstić information content (AvgIpc) is 3.28. The van der Waals surface area contributed by atoms with E-state index >= 15 is 0 Å². The zero-order valence-corrected chi connectivity index (χ0v) is 14.6. The van der Waals surface area contributed by atoms with Gasteiger partial charge < -0.3 is 14.2 Å². The largest absolute Gasteiger partial charge is 0.497 e. The van der Waals surface area contributed by atoms with Crippen LogP contribution in [0.1, 0.15) is 18.4 Å². The molecule has 1 heterocycles.